The summed E-state index contributed by atoms with van der Waals surface area (Å²) >= 11 is 1.72. The number of hydrogen-bond acceptors (Lipinski definition) is 6. The molecule has 6 rings (SSSR count). The number of thiophene rings is 1. The topological polar surface area (TPSA) is 106 Å². The third kappa shape index (κ3) is 4.64. The van der Waals surface area contributed by atoms with Gasteiger partial charge in [-0.1, -0.05) is 30.3 Å². The van der Waals surface area contributed by atoms with Gasteiger partial charge in [-0.2, -0.15) is 5.10 Å². The number of hydrogen-bond donors (Lipinski definition) is 2. The van der Waals surface area contributed by atoms with E-state index in [0.717, 1.165) is 21.6 Å². The second kappa shape index (κ2) is 9.75. The van der Waals surface area contributed by atoms with Crippen molar-refractivity contribution in [2.75, 3.05) is 18.8 Å². The molecule has 8 nitrogen and oxygen atoms in total. The van der Waals surface area contributed by atoms with E-state index in [1.54, 1.807) is 39.4 Å². The molecule has 0 unspecified atom stereocenters. The smallest absolute Gasteiger partial charge is 0.255 e. The third-order valence-electron chi connectivity index (χ3n) is 6.83. The highest BCUT2D eigenvalue weighted by atomic mass is 32.1. The van der Waals surface area contributed by atoms with Crippen molar-refractivity contribution in [2.24, 2.45) is 7.05 Å². The van der Waals surface area contributed by atoms with E-state index >= 15 is 0 Å². The fraction of sp³-hybridized carbons (Fsp3) is 0.172. The van der Waals surface area contributed by atoms with Gasteiger partial charge in [0.05, 0.1) is 11.8 Å². The number of amides is 2. The van der Waals surface area contributed by atoms with Gasteiger partial charge in [0, 0.05) is 64.8 Å². The minimum atomic E-state index is -0.299. The van der Waals surface area contributed by atoms with Gasteiger partial charge in [0.15, 0.2) is 0 Å². The molecule has 1 aliphatic heterocycles. The lowest BCUT2D eigenvalue weighted by molar-refractivity contribution is 0.0783. The van der Waals surface area contributed by atoms with Crippen LogP contribution in [0.25, 0.3) is 31.7 Å². The Balaban J connectivity index is 1.14. The van der Waals surface area contributed by atoms with Crippen LogP contribution in [0.2, 0.25) is 0 Å². The Labute approximate surface area is 223 Å². The number of carbonyl (C=O) groups is 2. The molecule has 9 heteroatoms. The van der Waals surface area contributed by atoms with Gasteiger partial charge in [0.1, 0.15) is 5.82 Å². The van der Waals surface area contributed by atoms with Crippen molar-refractivity contribution >= 4 is 39.1 Å². The van der Waals surface area contributed by atoms with Crippen LogP contribution in [-0.2, 0) is 7.05 Å². The normalized spacial score (nSPS) is 15.2. The van der Waals surface area contributed by atoms with Gasteiger partial charge in [0.25, 0.3) is 11.8 Å². The molecular formula is C29H26N6O2S. The lowest BCUT2D eigenvalue weighted by atomic mass is 10.1. The Morgan fingerprint density at radius 1 is 1.03 bits per heavy atom. The average molecular weight is 523 g/mol. The Hall–Kier alpha value is -4.50. The van der Waals surface area contributed by atoms with Gasteiger partial charge >= 0.3 is 0 Å². The molecule has 0 aliphatic carbocycles. The number of fused-ring (bicyclic) bond motifs is 1. The minimum absolute atomic E-state index is 0.0375. The van der Waals surface area contributed by atoms with Crippen molar-refractivity contribution in [3.05, 3.63) is 90.4 Å². The van der Waals surface area contributed by atoms with E-state index in [0.29, 0.717) is 30.6 Å². The van der Waals surface area contributed by atoms with Crippen molar-refractivity contribution in [1.29, 1.82) is 0 Å². The summed E-state index contributed by atoms with van der Waals surface area (Å²) in [5.41, 5.74) is 9.63. The van der Waals surface area contributed by atoms with E-state index in [1.807, 2.05) is 49.6 Å². The molecule has 1 aliphatic rings. The molecule has 2 aromatic carbocycles. The van der Waals surface area contributed by atoms with Crippen LogP contribution in [0.15, 0.2) is 79.3 Å². The first-order valence-corrected chi connectivity index (χ1v) is 13.2. The molecule has 2 amide bonds. The lowest BCUT2D eigenvalue weighted by Gasteiger charge is -2.18. The van der Waals surface area contributed by atoms with Crippen LogP contribution in [-0.4, -0.2) is 50.6 Å². The van der Waals surface area contributed by atoms with Gasteiger partial charge in [-0.3, -0.25) is 14.3 Å². The maximum absolute atomic E-state index is 13.3. The SMILES string of the molecule is Cn1cc(-c2cnc(N)c(C(=O)N[C@@H]3CCN(C(=O)c4cccc(-c5cc6ccccc6s5)c4)C3)c2)cn1. The number of pyridine rings is 1. The van der Waals surface area contributed by atoms with Crippen LogP contribution < -0.4 is 11.1 Å². The summed E-state index contributed by atoms with van der Waals surface area (Å²) < 4.78 is 2.91. The summed E-state index contributed by atoms with van der Waals surface area (Å²) in [5.74, 6) is -0.171. The predicted molar refractivity (Wildman–Crippen MR) is 150 cm³/mol. The molecule has 1 atom stereocenters. The Morgan fingerprint density at radius 3 is 2.71 bits per heavy atom. The van der Waals surface area contributed by atoms with Gasteiger partial charge in [-0.05, 0) is 47.7 Å². The summed E-state index contributed by atoms with van der Waals surface area (Å²) in [6.45, 7) is 1.01. The van der Waals surface area contributed by atoms with Gasteiger partial charge in [0.2, 0.25) is 0 Å². The zero-order chi connectivity index (χ0) is 26.2. The minimum Gasteiger partial charge on any atom is -0.383 e. The van der Waals surface area contributed by atoms with Crippen molar-refractivity contribution < 1.29 is 9.59 Å². The van der Waals surface area contributed by atoms with Crippen molar-refractivity contribution in [3.8, 4) is 21.6 Å². The predicted octanol–water partition coefficient (Wildman–Crippen LogP) is 4.59. The molecule has 3 N–H and O–H groups in total. The number of benzene rings is 2. The molecule has 0 saturated carbocycles. The quantitative estimate of drug-likeness (QED) is 0.351. The molecule has 3 aromatic heterocycles. The number of aryl methyl sites for hydroxylation is 1. The molecule has 190 valence electrons. The maximum Gasteiger partial charge on any atom is 0.255 e. The Bertz CT molecular complexity index is 1640. The second-order valence-electron chi connectivity index (χ2n) is 9.50. The third-order valence-corrected chi connectivity index (χ3v) is 8.00. The van der Waals surface area contributed by atoms with Crippen molar-refractivity contribution in [1.82, 2.24) is 25.0 Å². The fourth-order valence-corrected chi connectivity index (χ4v) is 5.88. The molecular weight excluding hydrogens is 496 g/mol. The molecule has 1 fully saturated rings. The first kappa shape index (κ1) is 23.9. The summed E-state index contributed by atoms with van der Waals surface area (Å²) in [5, 5.41) is 8.41. The van der Waals surface area contributed by atoms with Crippen LogP contribution >= 0.6 is 11.3 Å². The number of nitrogen functional groups attached to an aromatic ring is 1. The molecule has 38 heavy (non-hydrogen) atoms. The summed E-state index contributed by atoms with van der Waals surface area (Å²) in [4.78, 5) is 33.6. The average Bonchev–Trinajstić information content (AvgIpc) is 3.68. The maximum atomic E-state index is 13.3. The number of nitrogens with zero attached hydrogens (tertiary/aromatic N) is 4. The summed E-state index contributed by atoms with van der Waals surface area (Å²) in [6.07, 6.45) is 5.87. The number of nitrogens with two attached hydrogens (primary N) is 1. The van der Waals surface area contributed by atoms with E-state index in [2.05, 4.69) is 33.6 Å². The Morgan fingerprint density at radius 2 is 1.89 bits per heavy atom. The summed E-state index contributed by atoms with van der Waals surface area (Å²) in [6, 6.07) is 19.8. The van der Waals surface area contributed by atoms with E-state index < -0.39 is 0 Å². The highest BCUT2D eigenvalue weighted by Gasteiger charge is 2.29. The number of nitrogens with one attached hydrogen (secondary N) is 1. The Kier molecular flexibility index (Phi) is 6.13. The van der Waals surface area contributed by atoms with Crippen LogP contribution in [0, 0.1) is 0 Å². The van der Waals surface area contributed by atoms with E-state index in [-0.39, 0.29) is 23.7 Å². The number of aromatic nitrogens is 3. The number of carbonyl (C=O) groups excluding carboxylic acids is 2. The molecule has 0 radical (unpaired) electrons. The zero-order valence-corrected chi connectivity index (χ0v) is 21.6. The van der Waals surface area contributed by atoms with Gasteiger partial charge in [-0.15, -0.1) is 11.3 Å². The molecule has 1 saturated heterocycles. The number of rotatable bonds is 5. The van der Waals surface area contributed by atoms with Crippen molar-refractivity contribution in [2.45, 2.75) is 12.5 Å². The zero-order valence-electron chi connectivity index (χ0n) is 20.8. The fourth-order valence-electron chi connectivity index (χ4n) is 4.82. The molecule has 0 spiro atoms. The molecule has 4 heterocycles. The summed E-state index contributed by atoms with van der Waals surface area (Å²) in [7, 11) is 1.83. The number of likely N-dealkylation sites (tertiary alicyclic amines) is 1. The molecule has 5 aromatic rings. The lowest BCUT2D eigenvalue weighted by Crippen LogP contribution is -2.38. The monoisotopic (exact) mass is 522 g/mol. The van der Waals surface area contributed by atoms with Gasteiger partial charge < -0.3 is 16.0 Å². The molecule has 0 bridgehead atoms. The highest BCUT2D eigenvalue weighted by Crippen LogP contribution is 2.34. The van der Waals surface area contributed by atoms with Crippen LogP contribution in [0.3, 0.4) is 0 Å². The largest absolute Gasteiger partial charge is 0.383 e. The van der Waals surface area contributed by atoms with Crippen LogP contribution in [0.4, 0.5) is 5.82 Å². The standard InChI is InChI=1S/C29H26N6O2S/c1-34-16-22(15-32-34)21-12-24(27(30)31-14-21)28(36)33-23-9-10-35(17-23)29(37)20-7-4-6-18(11-20)26-13-19-5-2-3-8-25(19)38-26/h2-8,11-16,23H,9-10,17H2,1H3,(H2,30,31)(H,33,36)/t23-/m1/s1. The van der Waals surface area contributed by atoms with E-state index in [4.69, 9.17) is 5.73 Å². The van der Waals surface area contributed by atoms with Gasteiger partial charge in [-0.25, -0.2) is 4.98 Å². The van der Waals surface area contributed by atoms with E-state index in [9.17, 15) is 9.59 Å². The van der Waals surface area contributed by atoms with Crippen LogP contribution in [0.1, 0.15) is 27.1 Å². The number of anilines is 1. The van der Waals surface area contributed by atoms with Crippen LogP contribution in [0.5, 0.6) is 0 Å². The first-order chi connectivity index (χ1) is 18.4. The first-order valence-electron chi connectivity index (χ1n) is 12.4. The highest BCUT2D eigenvalue weighted by molar-refractivity contribution is 7.22. The van der Waals surface area contributed by atoms with E-state index in [1.165, 1.54) is 10.1 Å². The second-order valence-corrected chi connectivity index (χ2v) is 10.6. The van der Waals surface area contributed by atoms with Crippen molar-refractivity contribution in [3.63, 3.8) is 0 Å².